The normalized spacial score (nSPS) is 12.6. The first kappa shape index (κ1) is 22.9. The molecular formula is C31H22N2O3S. The average molecular weight is 503 g/mol. The number of Topliss-reactive ketones (excluding diaryl/α,β-unsaturated/α-hetero) is 1. The topological polar surface area (TPSA) is 59.5 Å². The molecule has 1 amide bonds. The molecule has 0 radical (unpaired) electrons. The molecule has 0 atom stereocenters. The van der Waals surface area contributed by atoms with Crippen LogP contribution in [0.2, 0.25) is 0 Å². The molecule has 1 aliphatic rings. The van der Waals surface area contributed by atoms with Crippen LogP contribution in [0.25, 0.3) is 33.0 Å². The molecule has 0 fully saturated rings. The quantitative estimate of drug-likeness (QED) is 0.241. The Morgan fingerprint density at radius 1 is 0.811 bits per heavy atom. The van der Waals surface area contributed by atoms with Crippen LogP contribution in [0.1, 0.15) is 10.4 Å². The number of ether oxygens (including phenoxy) is 1. The van der Waals surface area contributed by atoms with E-state index in [0.29, 0.717) is 17.0 Å². The highest BCUT2D eigenvalue weighted by atomic mass is 32.1. The molecule has 0 N–H and O–H groups in total. The second-order valence-electron chi connectivity index (χ2n) is 8.72. The lowest BCUT2D eigenvalue weighted by atomic mass is 10.0. The van der Waals surface area contributed by atoms with Crippen molar-refractivity contribution in [3.05, 3.63) is 114 Å². The summed E-state index contributed by atoms with van der Waals surface area (Å²) in [5.74, 6) is 0.197. The number of amides is 1. The van der Waals surface area contributed by atoms with Crippen LogP contribution in [0.5, 0.6) is 5.75 Å². The number of benzene rings is 4. The van der Waals surface area contributed by atoms with Crippen molar-refractivity contribution in [2.45, 2.75) is 0 Å². The molecule has 1 aromatic heterocycles. The molecule has 6 heteroatoms. The maximum atomic E-state index is 13.2. The van der Waals surface area contributed by atoms with Gasteiger partial charge in [-0.2, -0.15) is 0 Å². The standard InChI is InChI=1S/C31H22N2O3S/c34-28(23-13-11-22(12-14-23)21-7-3-1-4-8-21)18-33-27-17-25(15-16-29(27)36-19-30(33)35)26-20-37-31(32-26)24-9-5-2-6-10-24/h1-17,20H,18-19H2. The van der Waals surface area contributed by atoms with Gasteiger partial charge in [0.15, 0.2) is 12.4 Å². The molecule has 0 unspecified atom stereocenters. The van der Waals surface area contributed by atoms with Crippen molar-refractivity contribution in [2.24, 2.45) is 0 Å². The van der Waals surface area contributed by atoms with Gasteiger partial charge in [0.25, 0.3) is 5.91 Å². The summed E-state index contributed by atoms with van der Waals surface area (Å²) in [6.07, 6.45) is 0. The van der Waals surface area contributed by atoms with E-state index in [1.165, 1.54) is 4.90 Å². The third-order valence-corrected chi connectivity index (χ3v) is 7.23. The summed E-state index contributed by atoms with van der Waals surface area (Å²) in [5, 5.41) is 2.92. The number of thiazole rings is 1. The van der Waals surface area contributed by atoms with Gasteiger partial charge in [-0.3, -0.25) is 14.5 Å². The number of carbonyl (C=O) groups is 2. The van der Waals surface area contributed by atoms with Crippen molar-refractivity contribution >= 4 is 28.7 Å². The predicted octanol–water partition coefficient (Wildman–Crippen LogP) is 6.75. The van der Waals surface area contributed by atoms with Crippen LogP contribution < -0.4 is 9.64 Å². The lowest BCUT2D eigenvalue weighted by Crippen LogP contribution is -2.42. The van der Waals surface area contributed by atoms with Crippen LogP contribution in [0.4, 0.5) is 5.69 Å². The number of hydrogen-bond donors (Lipinski definition) is 0. The molecule has 4 aromatic carbocycles. The highest BCUT2D eigenvalue weighted by molar-refractivity contribution is 7.13. The van der Waals surface area contributed by atoms with E-state index in [1.54, 1.807) is 11.3 Å². The average Bonchev–Trinajstić information content (AvgIpc) is 3.46. The van der Waals surface area contributed by atoms with E-state index < -0.39 is 0 Å². The largest absolute Gasteiger partial charge is 0.482 e. The van der Waals surface area contributed by atoms with Gasteiger partial charge in [0, 0.05) is 22.1 Å². The van der Waals surface area contributed by atoms with Gasteiger partial charge in [-0.25, -0.2) is 4.98 Å². The van der Waals surface area contributed by atoms with Crippen molar-refractivity contribution in [3.63, 3.8) is 0 Å². The minimum Gasteiger partial charge on any atom is -0.482 e. The molecule has 37 heavy (non-hydrogen) atoms. The van der Waals surface area contributed by atoms with Gasteiger partial charge in [-0.1, -0.05) is 84.9 Å². The smallest absolute Gasteiger partial charge is 0.265 e. The van der Waals surface area contributed by atoms with Crippen molar-refractivity contribution in [3.8, 4) is 38.7 Å². The number of carbonyl (C=O) groups excluding carboxylic acids is 2. The molecule has 0 saturated carbocycles. The lowest BCUT2D eigenvalue weighted by Gasteiger charge is -2.29. The summed E-state index contributed by atoms with van der Waals surface area (Å²) in [6.45, 7) is -0.156. The van der Waals surface area contributed by atoms with Gasteiger partial charge in [0.2, 0.25) is 0 Å². The second kappa shape index (κ2) is 9.84. The van der Waals surface area contributed by atoms with Crippen molar-refractivity contribution in [1.82, 2.24) is 4.98 Å². The Labute approximate surface area is 218 Å². The Balaban J connectivity index is 1.25. The Morgan fingerprint density at radius 2 is 1.46 bits per heavy atom. The Morgan fingerprint density at radius 3 is 2.19 bits per heavy atom. The third kappa shape index (κ3) is 4.67. The van der Waals surface area contributed by atoms with E-state index in [0.717, 1.165) is 33.0 Å². The monoisotopic (exact) mass is 502 g/mol. The first-order valence-electron chi connectivity index (χ1n) is 11.9. The van der Waals surface area contributed by atoms with E-state index in [9.17, 15) is 9.59 Å². The van der Waals surface area contributed by atoms with Gasteiger partial charge >= 0.3 is 0 Å². The summed E-state index contributed by atoms with van der Waals surface area (Å²) in [5.41, 5.74) is 5.99. The molecule has 1 aliphatic heterocycles. The van der Waals surface area contributed by atoms with Gasteiger partial charge in [-0.05, 0) is 29.3 Å². The second-order valence-corrected chi connectivity index (χ2v) is 9.58. The number of nitrogens with zero attached hydrogens (tertiary/aromatic N) is 2. The van der Waals surface area contributed by atoms with Gasteiger partial charge in [0.05, 0.1) is 17.9 Å². The SMILES string of the molecule is O=C(CN1C(=O)COc2ccc(-c3csc(-c4ccccc4)n3)cc21)c1ccc(-c2ccccc2)cc1. The minimum atomic E-state index is -0.248. The molecule has 2 heterocycles. The van der Waals surface area contributed by atoms with Crippen molar-refractivity contribution in [2.75, 3.05) is 18.1 Å². The van der Waals surface area contributed by atoms with Crippen LogP contribution in [0, 0.1) is 0 Å². The maximum absolute atomic E-state index is 13.2. The summed E-state index contributed by atoms with van der Waals surface area (Å²) in [6, 6.07) is 33.2. The number of fused-ring (bicyclic) bond motifs is 1. The number of aromatic nitrogens is 1. The van der Waals surface area contributed by atoms with Crippen molar-refractivity contribution in [1.29, 1.82) is 0 Å². The van der Waals surface area contributed by atoms with Crippen LogP contribution >= 0.6 is 11.3 Å². The lowest BCUT2D eigenvalue weighted by molar-refractivity contribution is -0.121. The number of ketones is 1. The van der Waals surface area contributed by atoms with Crippen LogP contribution in [0.15, 0.2) is 109 Å². The molecule has 0 aliphatic carbocycles. The van der Waals surface area contributed by atoms with Gasteiger partial charge in [-0.15, -0.1) is 11.3 Å². The molecular weight excluding hydrogens is 480 g/mol. The molecule has 180 valence electrons. The third-order valence-electron chi connectivity index (χ3n) is 6.34. The zero-order valence-electron chi connectivity index (χ0n) is 19.8. The van der Waals surface area contributed by atoms with E-state index in [-0.39, 0.29) is 24.8 Å². The van der Waals surface area contributed by atoms with E-state index >= 15 is 0 Å². The van der Waals surface area contributed by atoms with Crippen LogP contribution in [-0.2, 0) is 4.79 Å². The fourth-order valence-corrected chi connectivity index (χ4v) is 5.20. The summed E-state index contributed by atoms with van der Waals surface area (Å²) >= 11 is 1.57. The molecule has 0 spiro atoms. The molecule has 0 saturated heterocycles. The first-order valence-corrected chi connectivity index (χ1v) is 12.8. The van der Waals surface area contributed by atoms with Crippen molar-refractivity contribution < 1.29 is 14.3 Å². The highest BCUT2D eigenvalue weighted by Gasteiger charge is 2.28. The maximum Gasteiger partial charge on any atom is 0.265 e. The fourth-order valence-electron chi connectivity index (χ4n) is 4.37. The molecule has 5 aromatic rings. The van der Waals surface area contributed by atoms with E-state index in [4.69, 9.17) is 9.72 Å². The van der Waals surface area contributed by atoms with Gasteiger partial charge < -0.3 is 4.74 Å². The van der Waals surface area contributed by atoms with Gasteiger partial charge in [0.1, 0.15) is 10.8 Å². The summed E-state index contributed by atoms with van der Waals surface area (Å²) in [4.78, 5) is 32.3. The minimum absolute atomic E-state index is 0.0599. The summed E-state index contributed by atoms with van der Waals surface area (Å²) < 4.78 is 5.66. The Kier molecular flexibility index (Phi) is 6.08. The van der Waals surface area contributed by atoms with Crippen LogP contribution in [0.3, 0.4) is 0 Å². The first-order chi connectivity index (χ1) is 18.2. The zero-order chi connectivity index (χ0) is 25.2. The fraction of sp³-hybridized carbons (Fsp3) is 0.0645. The van der Waals surface area contributed by atoms with E-state index in [2.05, 4.69) is 0 Å². The highest BCUT2D eigenvalue weighted by Crippen LogP contribution is 2.37. The van der Waals surface area contributed by atoms with E-state index in [1.807, 2.05) is 109 Å². The molecule has 5 nitrogen and oxygen atoms in total. The zero-order valence-corrected chi connectivity index (χ0v) is 20.7. The number of rotatable bonds is 6. The summed E-state index contributed by atoms with van der Waals surface area (Å²) in [7, 11) is 0. The predicted molar refractivity (Wildman–Crippen MR) is 147 cm³/mol. The molecule has 0 bridgehead atoms. The number of anilines is 1. The Hall–Kier alpha value is -4.55. The molecule has 6 rings (SSSR count). The van der Waals surface area contributed by atoms with Crippen LogP contribution in [-0.4, -0.2) is 29.8 Å². The Bertz CT molecular complexity index is 1580. The number of hydrogen-bond acceptors (Lipinski definition) is 5.